The normalized spacial score (nSPS) is 12.1. The minimum absolute atomic E-state index is 0.399. The zero-order chi connectivity index (χ0) is 12.4. The van der Waals surface area contributed by atoms with Gasteiger partial charge in [-0.05, 0) is 31.4 Å². The Hall–Kier alpha value is -1.97. The molecule has 4 heteroatoms. The molecular formula is C13H17N3O. The minimum Gasteiger partial charge on any atom is -0.397 e. The molecule has 1 aromatic heterocycles. The molecule has 0 saturated heterocycles. The Morgan fingerprint density at radius 2 is 2.18 bits per heavy atom. The van der Waals surface area contributed by atoms with Crippen molar-refractivity contribution in [1.82, 2.24) is 4.57 Å². The van der Waals surface area contributed by atoms with Crippen molar-refractivity contribution >= 4 is 16.7 Å². The van der Waals surface area contributed by atoms with E-state index in [1.54, 1.807) is 0 Å². The average Bonchev–Trinajstić information content (AvgIpc) is 2.63. The SMILES string of the molecule is CCn1c(C)cc2ccc(/C(N)=N/OC)cc21. The summed E-state index contributed by atoms with van der Waals surface area (Å²) in [5.41, 5.74) is 9.12. The molecule has 0 radical (unpaired) electrons. The molecule has 0 aliphatic rings. The molecule has 0 fully saturated rings. The van der Waals surface area contributed by atoms with E-state index in [0.717, 1.165) is 12.1 Å². The maximum atomic E-state index is 5.81. The van der Waals surface area contributed by atoms with Crippen LogP contribution in [0, 0.1) is 6.92 Å². The van der Waals surface area contributed by atoms with Gasteiger partial charge in [0.25, 0.3) is 0 Å². The quantitative estimate of drug-likeness (QED) is 0.500. The first kappa shape index (κ1) is 11.5. The van der Waals surface area contributed by atoms with Crippen molar-refractivity contribution in [2.24, 2.45) is 10.9 Å². The summed E-state index contributed by atoms with van der Waals surface area (Å²) in [5, 5.41) is 4.97. The maximum Gasteiger partial charge on any atom is 0.170 e. The summed E-state index contributed by atoms with van der Waals surface area (Å²) in [6.45, 7) is 5.18. The molecule has 0 unspecified atom stereocenters. The maximum absolute atomic E-state index is 5.81. The van der Waals surface area contributed by atoms with Crippen LogP contribution in [0.1, 0.15) is 18.2 Å². The van der Waals surface area contributed by atoms with Crippen LogP contribution in [0.3, 0.4) is 0 Å². The van der Waals surface area contributed by atoms with Gasteiger partial charge in [-0.15, -0.1) is 0 Å². The Balaban J connectivity index is 2.60. The van der Waals surface area contributed by atoms with Gasteiger partial charge in [-0.25, -0.2) is 0 Å². The summed E-state index contributed by atoms with van der Waals surface area (Å²) in [4.78, 5) is 4.69. The monoisotopic (exact) mass is 231 g/mol. The number of oxime groups is 1. The standard InChI is InChI=1S/C13H17N3O/c1-4-16-9(2)7-10-5-6-11(8-12(10)16)13(14)15-17-3/h5-8H,4H2,1-3H3,(H2,14,15). The Labute approximate surface area is 101 Å². The largest absolute Gasteiger partial charge is 0.397 e. The van der Waals surface area contributed by atoms with Gasteiger partial charge in [0.2, 0.25) is 0 Å². The lowest BCUT2D eigenvalue weighted by Crippen LogP contribution is -2.13. The van der Waals surface area contributed by atoms with Crippen LogP contribution in [0.2, 0.25) is 0 Å². The summed E-state index contributed by atoms with van der Waals surface area (Å²) in [5.74, 6) is 0.399. The Kier molecular flexibility index (Phi) is 3.04. The molecular weight excluding hydrogens is 214 g/mol. The number of fused-ring (bicyclic) bond motifs is 1. The predicted molar refractivity (Wildman–Crippen MR) is 70.1 cm³/mol. The molecule has 0 bridgehead atoms. The summed E-state index contributed by atoms with van der Waals surface area (Å²) >= 11 is 0. The summed E-state index contributed by atoms with van der Waals surface area (Å²) in [6, 6.07) is 8.23. The molecule has 90 valence electrons. The van der Waals surface area contributed by atoms with Crippen molar-refractivity contribution < 1.29 is 4.84 Å². The second-order valence-electron chi connectivity index (χ2n) is 3.96. The fourth-order valence-electron chi connectivity index (χ4n) is 2.12. The molecule has 0 aliphatic heterocycles. The molecule has 2 aromatic rings. The molecule has 4 nitrogen and oxygen atoms in total. The zero-order valence-corrected chi connectivity index (χ0v) is 10.4. The lowest BCUT2D eigenvalue weighted by molar-refractivity contribution is 0.213. The number of benzene rings is 1. The van der Waals surface area contributed by atoms with Gasteiger partial charge in [-0.3, -0.25) is 0 Å². The molecule has 2 N–H and O–H groups in total. The Morgan fingerprint density at radius 1 is 1.41 bits per heavy atom. The topological polar surface area (TPSA) is 52.5 Å². The predicted octanol–water partition coefficient (Wildman–Crippen LogP) is 2.24. The van der Waals surface area contributed by atoms with E-state index >= 15 is 0 Å². The van der Waals surface area contributed by atoms with Crippen LogP contribution in [0.5, 0.6) is 0 Å². The van der Waals surface area contributed by atoms with Crippen molar-refractivity contribution in [3.63, 3.8) is 0 Å². The van der Waals surface area contributed by atoms with Gasteiger partial charge in [-0.1, -0.05) is 17.3 Å². The summed E-state index contributed by atoms with van der Waals surface area (Å²) in [6.07, 6.45) is 0. The number of rotatable bonds is 3. The van der Waals surface area contributed by atoms with Crippen LogP contribution in [0.4, 0.5) is 0 Å². The van der Waals surface area contributed by atoms with Crippen LogP contribution in [0.15, 0.2) is 29.4 Å². The number of aryl methyl sites for hydroxylation is 2. The lowest BCUT2D eigenvalue weighted by Gasteiger charge is -2.05. The molecule has 1 heterocycles. The second-order valence-corrected chi connectivity index (χ2v) is 3.96. The van der Waals surface area contributed by atoms with E-state index in [-0.39, 0.29) is 0 Å². The number of nitrogens with zero attached hydrogens (tertiary/aromatic N) is 2. The molecule has 0 saturated carbocycles. The number of aromatic nitrogens is 1. The van der Waals surface area contributed by atoms with Crippen LogP contribution in [-0.2, 0) is 11.4 Å². The highest BCUT2D eigenvalue weighted by Gasteiger charge is 2.07. The van der Waals surface area contributed by atoms with E-state index in [9.17, 15) is 0 Å². The number of amidine groups is 1. The highest BCUT2D eigenvalue weighted by Crippen LogP contribution is 2.20. The third kappa shape index (κ3) is 1.98. The van der Waals surface area contributed by atoms with Gasteiger partial charge in [-0.2, -0.15) is 0 Å². The van der Waals surface area contributed by atoms with Gasteiger partial charge in [0, 0.05) is 23.3 Å². The van der Waals surface area contributed by atoms with Crippen LogP contribution in [0.25, 0.3) is 10.9 Å². The fourth-order valence-corrected chi connectivity index (χ4v) is 2.12. The van der Waals surface area contributed by atoms with E-state index in [2.05, 4.69) is 40.5 Å². The molecule has 17 heavy (non-hydrogen) atoms. The molecule has 0 amide bonds. The van der Waals surface area contributed by atoms with Crippen LogP contribution < -0.4 is 5.73 Å². The average molecular weight is 231 g/mol. The van der Waals surface area contributed by atoms with E-state index in [4.69, 9.17) is 5.73 Å². The fraction of sp³-hybridized carbons (Fsp3) is 0.308. The first-order valence-corrected chi connectivity index (χ1v) is 5.64. The Morgan fingerprint density at radius 3 is 2.82 bits per heavy atom. The highest BCUT2D eigenvalue weighted by molar-refractivity contribution is 6.00. The summed E-state index contributed by atoms with van der Waals surface area (Å²) in [7, 11) is 1.49. The second kappa shape index (κ2) is 4.49. The van der Waals surface area contributed by atoms with Crippen molar-refractivity contribution in [2.45, 2.75) is 20.4 Å². The number of nitrogens with two attached hydrogens (primary N) is 1. The smallest absolute Gasteiger partial charge is 0.170 e. The van der Waals surface area contributed by atoms with E-state index in [1.165, 1.54) is 23.7 Å². The van der Waals surface area contributed by atoms with E-state index in [0.29, 0.717) is 5.84 Å². The minimum atomic E-state index is 0.399. The van der Waals surface area contributed by atoms with Gasteiger partial charge < -0.3 is 15.1 Å². The zero-order valence-electron chi connectivity index (χ0n) is 10.4. The molecule has 1 aromatic carbocycles. The third-order valence-electron chi connectivity index (χ3n) is 2.91. The van der Waals surface area contributed by atoms with E-state index < -0.39 is 0 Å². The number of hydrogen-bond donors (Lipinski definition) is 1. The van der Waals surface area contributed by atoms with Gasteiger partial charge >= 0.3 is 0 Å². The first-order valence-electron chi connectivity index (χ1n) is 5.64. The lowest BCUT2D eigenvalue weighted by atomic mass is 10.1. The van der Waals surface area contributed by atoms with Gasteiger partial charge in [0.15, 0.2) is 5.84 Å². The molecule has 0 atom stereocenters. The Bertz CT molecular complexity index is 569. The van der Waals surface area contributed by atoms with Crippen molar-refractivity contribution in [3.8, 4) is 0 Å². The van der Waals surface area contributed by atoms with Gasteiger partial charge in [0.05, 0.1) is 0 Å². The van der Waals surface area contributed by atoms with Crippen LogP contribution >= 0.6 is 0 Å². The first-order chi connectivity index (χ1) is 8.17. The molecule has 0 spiro atoms. The highest BCUT2D eigenvalue weighted by atomic mass is 16.6. The molecule has 2 rings (SSSR count). The van der Waals surface area contributed by atoms with E-state index in [1.807, 2.05) is 12.1 Å². The number of hydrogen-bond acceptors (Lipinski definition) is 2. The molecule has 0 aliphatic carbocycles. The summed E-state index contributed by atoms with van der Waals surface area (Å²) < 4.78 is 2.25. The van der Waals surface area contributed by atoms with Crippen LogP contribution in [-0.4, -0.2) is 17.5 Å². The van der Waals surface area contributed by atoms with Crippen molar-refractivity contribution in [2.75, 3.05) is 7.11 Å². The van der Waals surface area contributed by atoms with Gasteiger partial charge in [0.1, 0.15) is 7.11 Å². The van der Waals surface area contributed by atoms with Crippen molar-refractivity contribution in [1.29, 1.82) is 0 Å². The van der Waals surface area contributed by atoms with Crippen molar-refractivity contribution in [3.05, 3.63) is 35.5 Å². The third-order valence-corrected chi connectivity index (χ3v) is 2.91.